The zero-order chi connectivity index (χ0) is 11.4. The SMILES string of the molecule is Fc1cc(F)cc(CCC2CCNCC2)c1. The molecule has 0 unspecified atom stereocenters. The van der Waals surface area contributed by atoms with Crippen molar-refractivity contribution in [2.75, 3.05) is 13.1 Å². The Bertz CT molecular complexity index is 326. The molecule has 0 aromatic heterocycles. The highest BCUT2D eigenvalue weighted by Gasteiger charge is 2.13. The number of piperidine rings is 1. The van der Waals surface area contributed by atoms with Gasteiger partial charge in [-0.3, -0.25) is 0 Å². The lowest BCUT2D eigenvalue weighted by atomic mass is 9.91. The summed E-state index contributed by atoms with van der Waals surface area (Å²) in [6.45, 7) is 2.14. The minimum absolute atomic E-state index is 0.472. The number of aryl methyl sites for hydroxylation is 1. The van der Waals surface area contributed by atoms with Crippen molar-refractivity contribution in [3.8, 4) is 0 Å². The average Bonchev–Trinajstić information content (AvgIpc) is 2.27. The lowest BCUT2D eigenvalue weighted by molar-refractivity contribution is 0.354. The van der Waals surface area contributed by atoms with Gasteiger partial charge in [-0.05, 0) is 62.4 Å². The largest absolute Gasteiger partial charge is 0.317 e. The maximum atomic E-state index is 12.9. The molecular formula is C13H17F2N. The van der Waals surface area contributed by atoms with Crippen LogP contribution in [0, 0.1) is 17.6 Å². The van der Waals surface area contributed by atoms with Crippen LogP contribution in [-0.4, -0.2) is 13.1 Å². The van der Waals surface area contributed by atoms with Gasteiger partial charge in [0.1, 0.15) is 11.6 Å². The second-order valence-corrected chi connectivity index (χ2v) is 4.51. The van der Waals surface area contributed by atoms with Gasteiger partial charge in [0, 0.05) is 6.07 Å². The van der Waals surface area contributed by atoms with E-state index in [9.17, 15) is 8.78 Å². The molecule has 0 aliphatic carbocycles. The summed E-state index contributed by atoms with van der Waals surface area (Å²) in [5, 5.41) is 3.31. The third-order valence-corrected chi connectivity index (χ3v) is 3.22. The maximum Gasteiger partial charge on any atom is 0.126 e. The molecule has 1 nitrogen and oxygen atoms in total. The first-order valence-electron chi connectivity index (χ1n) is 5.90. The smallest absolute Gasteiger partial charge is 0.126 e. The highest BCUT2D eigenvalue weighted by molar-refractivity contribution is 5.18. The van der Waals surface area contributed by atoms with Crippen LogP contribution in [0.5, 0.6) is 0 Å². The molecule has 2 rings (SSSR count). The second-order valence-electron chi connectivity index (χ2n) is 4.51. The van der Waals surface area contributed by atoms with Gasteiger partial charge in [0.25, 0.3) is 0 Å². The Hall–Kier alpha value is -0.960. The highest BCUT2D eigenvalue weighted by atomic mass is 19.1. The van der Waals surface area contributed by atoms with Gasteiger partial charge in [-0.15, -0.1) is 0 Å². The first-order chi connectivity index (χ1) is 7.74. The van der Waals surface area contributed by atoms with Crippen molar-refractivity contribution in [3.05, 3.63) is 35.4 Å². The fourth-order valence-electron chi connectivity index (χ4n) is 2.30. The van der Waals surface area contributed by atoms with Gasteiger partial charge in [0.05, 0.1) is 0 Å². The van der Waals surface area contributed by atoms with Crippen molar-refractivity contribution in [3.63, 3.8) is 0 Å². The Morgan fingerprint density at radius 1 is 1.06 bits per heavy atom. The van der Waals surface area contributed by atoms with Crippen LogP contribution in [0.2, 0.25) is 0 Å². The first kappa shape index (κ1) is 11.5. The van der Waals surface area contributed by atoms with Gasteiger partial charge in [-0.25, -0.2) is 8.78 Å². The minimum atomic E-state index is -0.472. The lowest BCUT2D eigenvalue weighted by Gasteiger charge is -2.22. The predicted molar refractivity (Wildman–Crippen MR) is 60.3 cm³/mol. The van der Waals surface area contributed by atoms with Crippen LogP contribution in [0.4, 0.5) is 8.78 Å². The summed E-state index contributed by atoms with van der Waals surface area (Å²) in [6.07, 6.45) is 4.17. The van der Waals surface area contributed by atoms with Crippen LogP contribution in [0.1, 0.15) is 24.8 Å². The topological polar surface area (TPSA) is 12.0 Å². The van der Waals surface area contributed by atoms with Gasteiger partial charge >= 0.3 is 0 Å². The molecule has 1 saturated heterocycles. The molecule has 1 aliphatic rings. The van der Waals surface area contributed by atoms with Crippen LogP contribution in [0.15, 0.2) is 18.2 Å². The molecule has 0 bridgehead atoms. The van der Waals surface area contributed by atoms with E-state index >= 15 is 0 Å². The molecular weight excluding hydrogens is 208 g/mol. The van der Waals surface area contributed by atoms with E-state index in [2.05, 4.69) is 5.32 Å². The lowest BCUT2D eigenvalue weighted by Crippen LogP contribution is -2.27. The molecule has 0 spiro atoms. The monoisotopic (exact) mass is 225 g/mol. The van der Waals surface area contributed by atoms with E-state index in [4.69, 9.17) is 0 Å². The molecule has 1 aromatic carbocycles. The fourth-order valence-corrected chi connectivity index (χ4v) is 2.30. The van der Waals surface area contributed by atoms with Crippen molar-refractivity contribution in [1.29, 1.82) is 0 Å². The molecule has 1 aliphatic heterocycles. The molecule has 1 aromatic rings. The van der Waals surface area contributed by atoms with Gasteiger partial charge in [0.15, 0.2) is 0 Å². The molecule has 0 saturated carbocycles. The molecule has 0 amide bonds. The van der Waals surface area contributed by atoms with Crippen molar-refractivity contribution in [2.45, 2.75) is 25.7 Å². The zero-order valence-corrected chi connectivity index (χ0v) is 9.31. The van der Waals surface area contributed by atoms with Gasteiger partial charge in [0.2, 0.25) is 0 Å². The van der Waals surface area contributed by atoms with Crippen LogP contribution >= 0.6 is 0 Å². The Kier molecular flexibility index (Phi) is 3.88. The number of halogens is 2. The average molecular weight is 225 g/mol. The molecule has 0 atom stereocenters. The van der Waals surface area contributed by atoms with Crippen LogP contribution in [0.25, 0.3) is 0 Å². The Balaban J connectivity index is 1.88. The maximum absolute atomic E-state index is 12.9. The number of rotatable bonds is 3. The minimum Gasteiger partial charge on any atom is -0.317 e. The van der Waals surface area contributed by atoms with E-state index in [0.29, 0.717) is 5.92 Å². The summed E-state index contributed by atoms with van der Waals surface area (Å²) < 4.78 is 25.9. The van der Waals surface area contributed by atoms with E-state index in [1.54, 1.807) is 0 Å². The standard InChI is InChI=1S/C13H17F2N/c14-12-7-11(8-13(15)9-12)2-1-10-3-5-16-6-4-10/h7-10,16H,1-6H2. The number of benzene rings is 1. The van der Waals surface area contributed by atoms with Gasteiger partial charge < -0.3 is 5.32 Å². The second kappa shape index (κ2) is 5.39. The molecule has 88 valence electrons. The fraction of sp³-hybridized carbons (Fsp3) is 0.538. The van der Waals surface area contributed by atoms with Crippen LogP contribution in [-0.2, 0) is 6.42 Å². The van der Waals surface area contributed by atoms with Crippen LogP contribution < -0.4 is 5.32 Å². The Labute approximate surface area is 94.9 Å². The molecule has 3 heteroatoms. The third-order valence-electron chi connectivity index (χ3n) is 3.22. The van der Waals surface area contributed by atoms with Gasteiger partial charge in [-0.2, -0.15) is 0 Å². The zero-order valence-electron chi connectivity index (χ0n) is 9.31. The molecule has 0 radical (unpaired) electrons. The van der Waals surface area contributed by atoms with E-state index in [1.807, 2.05) is 0 Å². The summed E-state index contributed by atoms with van der Waals surface area (Å²) >= 11 is 0. The highest BCUT2D eigenvalue weighted by Crippen LogP contribution is 2.19. The molecule has 1 heterocycles. The quantitative estimate of drug-likeness (QED) is 0.834. The first-order valence-corrected chi connectivity index (χ1v) is 5.90. The summed E-state index contributed by atoms with van der Waals surface area (Å²) in [5.74, 6) is -0.242. The number of nitrogens with one attached hydrogen (secondary N) is 1. The van der Waals surface area contributed by atoms with E-state index in [-0.39, 0.29) is 0 Å². The number of hydrogen-bond acceptors (Lipinski definition) is 1. The van der Waals surface area contributed by atoms with E-state index < -0.39 is 11.6 Å². The van der Waals surface area contributed by atoms with Crippen LogP contribution in [0.3, 0.4) is 0 Å². The predicted octanol–water partition coefficient (Wildman–Crippen LogP) is 2.90. The molecule has 1 N–H and O–H groups in total. The normalized spacial score (nSPS) is 17.6. The third kappa shape index (κ3) is 3.27. The Morgan fingerprint density at radius 2 is 1.69 bits per heavy atom. The summed E-state index contributed by atoms with van der Waals surface area (Å²) in [4.78, 5) is 0. The van der Waals surface area contributed by atoms with Crippen molar-refractivity contribution >= 4 is 0 Å². The Morgan fingerprint density at radius 3 is 2.31 bits per heavy atom. The van der Waals surface area contributed by atoms with Gasteiger partial charge in [-0.1, -0.05) is 0 Å². The summed E-state index contributed by atoms with van der Waals surface area (Å²) in [5.41, 5.74) is 0.774. The number of hydrogen-bond donors (Lipinski definition) is 1. The van der Waals surface area contributed by atoms with E-state index in [1.165, 1.54) is 25.0 Å². The summed E-state index contributed by atoms with van der Waals surface area (Å²) in [7, 11) is 0. The van der Waals surface area contributed by atoms with Crippen molar-refractivity contribution in [2.24, 2.45) is 5.92 Å². The van der Waals surface area contributed by atoms with Crippen molar-refractivity contribution in [1.82, 2.24) is 5.32 Å². The summed E-state index contributed by atoms with van der Waals surface area (Å²) in [6, 6.07) is 3.79. The van der Waals surface area contributed by atoms with Crippen molar-refractivity contribution < 1.29 is 8.78 Å². The molecule has 1 fully saturated rings. The van der Waals surface area contributed by atoms with E-state index in [0.717, 1.165) is 37.6 Å². The molecule has 16 heavy (non-hydrogen) atoms.